The minimum Gasteiger partial charge on any atom is -0.208 e. The number of hydrogen-bond donors (Lipinski definition) is 1. The molecule has 0 aliphatic rings. The van der Waals surface area contributed by atoms with Crippen LogP contribution in [0.4, 0.5) is 0 Å². The van der Waals surface area contributed by atoms with Crippen LogP contribution in [0.5, 0.6) is 0 Å². The van der Waals surface area contributed by atoms with Crippen molar-refractivity contribution in [2.75, 3.05) is 0 Å². The lowest BCUT2D eigenvalue weighted by molar-refractivity contribution is 0.476. The molecular weight excluding hydrogens is 281 g/mol. The van der Waals surface area contributed by atoms with Crippen LogP contribution in [0.1, 0.15) is 20.8 Å². The van der Waals surface area contributed by atoms with Crippen LogP contribution in [0.15, 0.2) is 23.1 Å². The van der Waals surface area contributed by atoms with Gasteiger partial charge >= 0.3 is 0 Å². The Balaban J connectivity index is 3.10. The SMILES string of the molecule is CC(C)C(C)NS(=O)(=O)c1cccc(Cl)c1Cl. The van der Waals surface area contributed by atoms with Gasteiger partial charge < -0.3 is 0 Å². The smallest absolute Gasteiger partial charge is 0.208 e. The summed E-state index contributed by atoms with van der Waals surface area (Å²) in [5.41, 5.74) is 0. The average Bonchev–Trinajstić information content (AvgIpc) is 2.21. The normalized spacial score (nSPS) is 14.0. The lowest BCUT2D eigenvalue weighted by Crippen LogP contribution is -2.36. The first kappa shape index (κ1) is 14.8. The zero-order chi connectivity index (χ0) is 13.2. The predicted octanol–water partition coefficient (Wildman–Crippen LogP) is 3.32. The molecule has 0 bridgehead atoms. The molecule has 0 saturated carbocycles. The molecule has 1 rings (SSSR count). The third kappa shape index (κ3) is 3.58. The first-order chi connectivity index (χ1) is 7.75. The molecule has 17 heavy (non-hydrogen) atoms. The van der Waals surface area contributed by atoms with Crippen LogP contribution in [0.3, 0.4) is 0 Å². The maximum atomic E-state index is 12.1. The van der Waals surface area contributed by atoms with E-state index < -0.39 is 10.0 Å². The van der Waals surface area contributed by atoms with Gasteiger partial charge in [-0.1, -0.05) is 43.1 Å². The Morgan fingerprint density at radius 1 is 1.18 bits per heavy atom. The second kappa shape index (κ2) is 5.57. The summed E-state index contributed by atoms with van der Waals surface area (Å²) < 4.78 is 26.7. The van der Waals surface area contributed by atoms with Crippen LogP contribution < -0.4 is 4.72 Å². The van der Waals surface area contributed by atoms with E-state index in [9.17, 15) is 8.42 Å². The number of hydrogen-bond acceptors (Lipinski definition) is 2. The van der Waals surface area contributed by atoms with Gasteiger partial charge in [0.1, 0.15) is 4.90 Å². The fourth-order valence-corrected chi connectivity index (χ4v) is 3.29. The molecule has 0 aromatic heterocycles. The number of rotatable bonds is 4. The molecule has 0 aliphatic carbocycles. The highest BCUT2D eigenvalue weighted by atomic mass is 35.5. The highest BCUT2D eigenvalue weighted by Gasteiger charge is 2.22. The van der Waals surface area contributed by atoms with Crippen LogP contribution in [0, 0.1) is 5.92 Å². The van der Waals surface area contributed by atoms with Crippen LogP contribution in [-0.4, -0.2) is 14.5 Å². The number of sulfonamides is 1. The van der Waals surface area contributed by atoms with Crippen LogP contribution in [0.25, 0.3) is 0 Å². The molecular formula is C11H15Cl2NO2S. The van der Waals surface area contributed by atoms with Crippen molar-refractivity contribution in [1.29, 1.82) is 0 Å². The molecule has 96 valence electrons. The Bertz CT molecular complexity index is 500. The van der Waals surface area contributed by atoms with Gasteiger partial charge in [0, 0.05) is 6.04 Å². The lowest BCUT2D eigenvalue weighted by Gasteiger charge is -2.18. The van der Waals surface area contributed by atoms with Gasteiger partial charge in [0.15, 0.2) is 0 Å². The third-order valence-corrected chi connectivity index (χ3v) is 5.08. The Labute approximate surface area is 112 Å². The Morgan fingerprint density at radius 3 is 2.29 bits per heavy atom. The van der Waals surface area contributed by atoms with Crippen molar-refractivity contribution in [3.63, 3.8) is 0 Å². The van der Waals surface area contributed by atoms with Crippen LogP contribution in [-0.2, 0) is 10.0 Å². The van der Waals surface area contributed by atoms with E-state index in [-0.39, 0.29) is 26.9 Å². The second-order valence-corrected chi connectivity index (χ2v) is 6.67. The first-order valence-corrected chi connectivity index (χ1v) is 7.46. The van der Waals surface area contributed by atoms with Gasteiger partial charge in [-0.3, -0.25) is 0 Å². The highest BCUT2D eigenvalue weighted by Crippen LogP contribution is 2.29. The minimum atomic E-state index is -3.62. The molecule has 1 N–H and O–H groups in total. The van der Waals surface area contributed by atoms with Gasteiger partial charge in [-0.2, -0.15) is 0 Å². The summed E-state index contributed by atoms with van der Waals surface area (Å²) in [5.74, 6) is 0.197. The van der Waals surface area contributed by atoms with Gasteiger partial charge in [-0.15, -0.1) is 0 Å². The highest BCUT2D eigenvalue weighted by molar-refractivity contribution is 7.89. The Morgan fingerprint density at radius 2 is 1.76 bits per heavy atom. The Kier molecular flexibility index (Phi) is 4.84. The molecule has 3 nitrogen and oxygen atoms in total. The third-order valence-electron chi connectivity index (χ3n) is 2.55. The number of nitrogens with one attached hydrogen (secondary N) is 1. The summed E-state index contributed by atoms with van der Waals surface area (Å²) in [5, 5.41) is 0.282. The summed E-state index contributed by atoms with van der Waals surface area (Å²) in [6.07, 6.45) is 0. The van der Waals surface area contributed by atoms with Crippen molar-refractivity contribution in [1.82, 2.24) is 4.72 Å². The summed E-state index contributed by atoms with van der Waals surface area (Å²) in [4.78, 5) is 0.0131. The quantitative estimate of drug-likeness (QED) is 0.926. The lowest BCUT2D eigenvalue weighted by atomic mass is 10.1. The molecule has 1 atom stereocenters. The maximum Gasteiger partial charge on any atom is 0.242 e. The topological polar surface area (TPSA) is 46.2 Å². The van der Waals surface area contributed by atoms with Gasteiger partial charge in [0.25, 0.3) is 0 Å². The molecule has 0 spiro atoms. The number of benzene rings is 1. The first-order valence-electron chi connectivity index (χ1n) is 5.22. The predicted molar refractivity (Wildman–Crippen MR) is 71.1 cm³/mol. The zero-order valence-corrected chi connectivity index (χ0v) is 12.2. The van der Waals surface area contributed by atoms with E-state index in [1.165, 1.54) is 6.07 Å². The van der Waals surface area contributed by atoms with Crippen molar-refractivity contribution < 1.29 is 8.42 Å². The molecule has 6 heteroatoms. The van der Waals surface area contributed by atoms with Crippen molar-refractivity contribution in [3.8, 4) is 0 Å². The monoisotopic (exact) mass is 295 g/mol. The molecule has 1 unspecified atom stereocenters. The summed E-state index contributed by atoms with van der Waals surface area (Å²) in [6, 6.07) is 4.37. The molecule has 1 aromatic rings. The van der Waals surface area contributed by atoms with E-state index >= 15 is 0 Å². The fraction of sp³-hybridized carbons (Fsp3) is 0.455. The average molecular weight is 296 g/mol. The standard InChI is InChI=1S/C11H15Cl2NO2S/c1-7(2)8(3)14-17(15,16)10-6-4-5-9(12)11(10)13/h4-8,14H,1-3H3. The van der Waals surface area contributed by atoms with Crippen LogP contribution in [0.2, 0.25) is 10.0 Å². The van der Waals surface area contributed by atoms with E-state index in [4.69, 9.17) is 23.2 Å². The second-order valence-electron chi connectivity index (χ2n) is 4.21. The summed E-state index contributed by atoms with van der Waals surface area (Å²) >= 11 is 11.7. The fourth-order valence-electron chi connectivity index (χ4n) is 1.14. The van der Waals surface area contributed by atoms with Crippen molar-refractivity contribution in [2.24, 2.45) is 5.92 Å². The van der Waals surface area contributed by atoms with E-state index in [1.807, 2.05) is 13.8 Å². The van der Waals surface area contributed by atoms with E-state index in [2.05, 4.69) is 4.72 Å². The molecule has 0 aliphatic heterocycles. The van der Waals surface area contributed by atoms with Gasteiger partial charge in [-0.25, -0.2) is 13.1 Å². The van der Waals surface area contributed by atoms with Crippen molar-refractivity contribution >= 4 is 33.2 Å². The largest absolute Gasteiger partial charge is 0.242 e. The van der Waals surface area contributed by atoms with Gasteiger partial charge in [-0.05, 0) is 25.0 Å². The molecule has 0 amide bonds. The van der Waals surface area contributed by atoms with Crippen molar-refractivity contribution in [3.05, 3.63) is 28.2 Å². The summed E-state index contributed by atoms with van der Waals surface area (Å²) in [7, 11) is -3.62. The van der Waals surface area contributed by atoms with E-state index in [1.54, 1.807) is 19.1 Å². The molecule has 0 radical (unpaired) electrons. The van der Waals surface area contributed by atoms with E-state index in [0.29, 0.717) is 0 Å². The van der Waals surface area contributed by atoms with E-state index in [0.717, 1.165) is 0 Å². The Hall–Kier alpha value is -0.290. The molecule has 1 aromatic carbocycles. The number of halogens is 2. The summed E-state index contributed by atoms with van der Waals surface area (Å²) in [6.45, 7) is 5.68. The minimum absolute atomic E-state index is 0.0131. The maximum absolute atomic E-state index is 12.1. The molecule has 0 saturated heterocycles. The van der Waals surface area contributed by atoms with Crippen LogP contribution >= 0.6 is 23.2 Å². The molecule has 0 heterocycles. The zero-order valence-electron chi connectivity index (χ0n) is 9.87. The van der Waals surface area contributed by atoms with Crippen molar-refractivity contribution in [2.45, 2.75) is 31.7 Å². The van der Waals surface area contributed by atoms with Gasteiger partial charge in [0.2, 0.25) is 10.0 Å². The van der Waals surface area contributed by atoms with Gasteiger partial charge in [0.05, 0.1) is 10.0 Å². The molecule has 0 fully saturated rings.